The topological polar surface area (TPSA) is 210 Å². The van der Waals surface area contributed by atoms with E-state index in [-0.39, 0.29) is 12.2 Å². The Morgan fingerprint density at radius 1 is 0.759 bits per heavy atom. The quantitative estimate of drug-likeness (QED) is 0.183. The minimum Gasteiger partial charge on any atom is -0.458 e. The minimum atomic E-state index is -2.43. The number of carbonyl (C=O) groups excluding carboxylic acids is 8. The van der Waals surface area contributed by atoms with Gasteiger partial charge in [-0.2, -0.15) is 0 Å². The zero-order valence-corrected chi connectivity index (χ0v) is 34.7. The molecule has 1 aromatic carbocycles. The number of ketones is 1. The van der Waals surface area contributed by atoms with Crippen LogP contribution in [0.3, 0.4) is 0 Å². The molecule has 16 nitrogen and oxygen atoms in total. The van der Waals surface area contributed by atoms with E-state index in [1.807, 2.05) is 0 Å². The molecule has 0 spiro atoms. The monoisotopic (exact) mass is 814 g/mol. The van der Waals surface area contributed by atoms with Crippen molar-refractivity contribution >= 4 is 47.6 Å². The molecule has 16 heteroatoms. The number of hydrogen-bond acceptors (Lipinski definition) is 16. The second kappa shape index (κ2) is 17.8. The molecule has 1 saturated carbocycles. The van der Waals surface area contributed by atoms with Gasteiger partial charge in [0.25, 0.3) is 0 Å². The Balaban J connectivity index is 2.30. The molecule has 1 heterocycles. The predicted octanol–water partition coefficient (Wildman–Crippen LogP) is 4.32. The van der Waals surface area contributed by atoms with E-state index in [1.54, 1.807) is 45.0 Å². The highest BCUT2D eigenvalue weighted by atomic mass is 16.7. The van der Waals surface area contributed by atoms with Gasteiger partial charge in [0.05, 0.1) is 11.5 Å². The van der Waals surface area contributed by atoms with E-state index in [4.69, 9.17) is 37.9 Å². The molecule has 0 unspecified atom stereocenters. The Morgan fingerprint density at radius 3 is 1.90 bits per heavy atom. The highest BCUT2D eigenvalue weighted by Crippen LogP contribution is 2.57. The molecule has 3 aliphatic rings. The van der Waals surface area contributed by atoms with Crippen LogP contribution in [0.25, 0.3) is 0 Å². The van der Waals surface area contributed by atoms with Crippen molar-refractivity contribution in [3.8, 4) is 0 Å². The van der Waals surface area contributed by atoms with Gasteiger partial charge in [0.15, 0.2) is 40.9 Å². The first-order valence-electron chi connectivity index (χ1n) is 19.3. The third-order valence-electron chi connectivity index (χ3n) is 10.7. The number of esters is 7. The van der Waals surface area contributed by atoms with E-state index in [9.17, 15) is 33.6 Å². The van der Waals surface area contributed by atoms with Gasteiger partial charge >= 0.3 is 41.8 Å². The van der Waals surface area contributed by atoms with Crippen molar-refractivity contribution in [1.82, 2.24) is 0 Å². The predicted molar refractivity (Wildman–Crippen MR) is 200 cm³/mol. The summed E-state index contributed by atoms with van der Waals surface area (Å²) in [7, 11) is 0. The lowest BCUT2D eigenvalue weighted by Gasteiger charge is -2.54. The molecule has 0 bridgehead atoms. The summed E-state index contributed by atoms with van der Waals surface area (Å²) in [6.07, 6.45) is -6.53. The van der Waals surface area contributed by atoms with Crippen molar-refractivity contribution in [3.63, 3.8) is 0 Å². The zero-order chi connectivity index (χ0) is 43.4. The zero-order valence-electron chi connectivity index (χ0n) is 34.7. The number of benzene rings is 1. The lowest BCUT2D eigenvalue weighted by molar-refractivity contribution is -0.268. The lowest BCUT2D eigenvalue weighted by Crippen LogP contribution is -2.71. The molecule has 2 fully saturated rings. The van der Waals surface area contributed by atoms with Crippen LogP contribution in [0.1, 0.15) is 105 Å². The summed E-state index contributed by atoms with van der Waals surface area (Å²) >= 11 is 0. The summed E-state index contributed by atoms with van der Waals surface area (Å²) < 4.78 is 49.4. The van der Waals surface area contributed by atoms with Crippen molar-refractivity contribution in [3.05, 3.63) is 48.0 Å². The van der Waals surface area contributed by atoms with Crippen LogP contribution in [0, 0.1) is 17.3 Å². The fourth-order valence-corrected chi connectivity index (χ4v) is 8.64. The van der Waals surface area contributed by atoms with Gasteiger partial charge in [-0.05, 0) is 25.5 Å². The van der Waals surface area contributed by atoms with E-state index >= 15 is 4.79 Å². The maximum absolute atomic E-state index is 15.3. The third-order valence-corrected chi connectivity index (χ3v) is 10.7. The van der Waals surface area contributed by atoms with Crippen molar-refractivity contribution < 1.29 is 76.3 Å². The Morgan fingerprint density at radius 2 is 1.34 bits per heavy atom. The second-order valence-corrected chi connectivity index (χ2v) is 16.0. The summed E-state index contributed by atoms with van der Waals surface area (Å²) in [6, 6.07) is 7.74. The van der Waals surface area contributed by atoms with Crippen LogP contribution in [0.5, 0.6) is 0 Å². The third kappa shape index (κ3) is 9.43. The molecular weight excluding hydrogens is 760 g/mol. The normalized spacial score (nSPS) is 33.6. The summed E-state index contributed by atoms with van der Waals surface area (Å²) in [5.41, 5.74) is -8.00. The van der Waals surface area contributed by atoms with Gasteiger partial charge in [0.1, 0.15) is 12.2 Å². The number of ether oxygens (including phenoxy) is 8. The molecule has 0 amide bonds. The van der Waals surface area contributed by atoms with Crippen LogP contribution in [0.2, 0.25) is 0 Å². The summed E-state index contributed by atoms with van der Waals surface area (Å²) in [5, 5.41) is 0. The molecule has 2 aliphatic carbocycles. The van der Waals surface area contributed by atoms with Gasteiger partial charge in [-0.25, -0.2) is 4.79 Å². The Bertz CT molecular complexity index is 1800. The van der Waals surface area contributed by atoms with Crippen LogP contribution < -0.4 is 0 Å². The molecule has 1 aliphatic heterocycles. The molecule has 1 saturated heterocycles. The number of fused-ring (bicyclic) bond motifs is 3. The second-order valence-electron chi connectivity index (χ2n) is 16.0. The van der Waals surface area contributed by atoms with Crippen LogP contribution in [0.4, 0.5) is 0 Å². The molecule has 0 radical (unpaired) electrons. The van der Waals surface area contributed by atoms with Crippen molar-refractivity contribution in [2.75, 3.05) is 6.61 Å². The summed E-state index contributed by atoms with van der Waals surface area (Å²) in [4.78, 5) is 109. The van der Waals surface area contributed by atoms with Crippen LogP contribution >= 0.6 is 0 Å². The van der Waals surface area contributed by atoms with Gasteiger partial charge in [0.2, 0.25) is 0 Å². The van der Waals surface area contributed by atoms with E-state index in [2.05, 4.69) is 0 Å². The summed E-state index contributed by atoms with van der Waals surface area (Å²) in [6.45, 7) is 13.3. The highest BCUT2D eigenvalue weighted by Gasteiger charge is 2.76. The Labute approximate surface area is 337 Å². The first kappa shape index (κ1) is 45.6. The molecule has 4 rings (SSSR count). The average Bonchev–Trinajstić information content (AvgIpc) is 3.34. The first-order valence-corrected chi connectivity index (χ1v) is 19.3. The molecule has 0 N–H and O–H groups in total. The first-order chi connectivity index (χ1) is 27.0. The molecular formula is C42H54O16. The maximum Gasteiger partial charge on any atom is 0.338 e. The van der Waals surface area contributed by atoms with E-state index in [0.29, 0.717) is 6.42 Å². The van der Waals surface area contributed by atoms with E-state index < -0.39 is 131 Å². The van der Waals surface area contributed by atoms with E-state index in [0.717, 1.165) is 34.6 Å². The molecule has 0 aromatic heterocycles. The fourth-order valence-electron chi connectivity index (χ4n) is 8.64. The van der Waals surface area contributed by atoms with E-state index in [1.165, 1.54) is 32.1 Å². The number of carbonyl (C=O) groups is 8. The van der Waals surface area contributed by atoms with Gasteiger partial charge in [-0.15, -0.1) is 0 Å². The molecule has 318 valence electrons. The minimum absolute atomic E-state index is 0.0281. The molecule has 58 heavy (non-hydrogen) atoms. The van der Waals surface area contributed by atoms with Gasteiger partial charge in [-0.1, -0.05) is 58.0 Å². The number of rotatable bonds is 10. The Kier molecular flexibility index (Phi) is 14.0. The van der Waals surface area contributed by atoms with Crippen LogP contribution in [-0.2, 0) is 71.5 Å². The van der Waals surface area contributed by atoms with Gasteiger partial charge < -0.3 is 37.9 Å². The van der Waals surface area contributed by atoms with Crippen LogP contribution in [-0.4, -0.2) is 101 Å². The molecule has 1 aromatic rings. The van der Waals surface area contributed by atoms with Crippen molar-refractivity contribution in [1.29, 1.82) is 0 Å². The fraction of sp³-hybridized carbons (Fsp3) is 0.619. The number of Topliss-reactive ketones (excluding diaryl/α,β-unsaturated/α-hetero) is 1. The average molecular weight is 815 g/mol. The van der Waals surface area contributed by atoms with Gasteiger partial charge in [-0.3, -0.25) is 33.6 Å². The highest BCUT2D eigenvalue weighted by molar-refractivity contribution is 5.94. The Hall–Kier alpha value is -5.12. The van der Waals surface area contributed by atoms with Gasteiger partial charge in [0, 0.05) is 71.8 Å². The standard InChI is InChI=1S/C42H54O16/c1-11-21-51-37-32(52-24(3)43)36(54-26(5)45)39(8,9)19-17-23(2)33(49)42(57-28(7)47)22-40(10,56-27(6)46)34(53-25(4)44)31(42)35-41(37,20-18-30(48)55-35)58-38(50)29-15-13-12-14-16-29/h12-17,19,23,31-32,34-37H,11,18,20-22H2,1-10H3/b19-17-/t23-,31+,32-,34+,35+,36+,37+,40+,41-,42+/m0/s1. The number of allylic oxidation sites excluding steroid dienone is 1. The molecule has 10 atom stereocenters. The van der Waals surface area contributed by atoms with Crippen molar-refractivity contribution in [2.24, 2.45) is 17.3 Å². The van der Waals surface area contributed by atoms with Crippen molar-refractivity contribution in [2.45, 2.75) is 142 Å². The largest absolute Gasteiger partial charge is 0.458 e. The van der Waals surface area contributed by atoms with Crippen LogP contribution in [0.15, 0.2) is 42.5 Å². The smallest absolute Gasteiger partial charge is 0.338 e. The lowest BCUT2D eigenvalue weighted by atomic mass is 9.66. The SMILES string of the molecule is CCCO[C@@H]1[C@@H](OC(C)=O)[C@@H](OC(C)=O)C(C)(C)/C=C\[C@H](C)C(=O)[C@@]2(OC(C)=O)C[C@@](C)(OC(C)=O)[C@H](OC(C)=O)[C@@H]2[C@H]2OC(=O)CC[C@@]12OC(=O)c1ccccc1. The summed E-state index contributed by atoms with van der Waals surface area (Å²) in [5.74, 6) is -9.98. The number of hydrogen-bond donors (Lipinski definition) is 0. The maximum atomic E-state index is 15.3.